The summed E-state index contributed by atoms with van der Waals surface area (Å²) in [4.78, 5) is 10.7. The second-order valence-electron chi connectivity index (χ2n) is 3.63. The average Bonchev–Trinajstić information content (AvgIpc) is 2.03. The monoisotopic (exact) mass is 186 g/mol. The molecule has 0 aromatic heterocycles. The van der Waals surface area contributed by atoms with E-state index >= 15 is 0 Å². The van der Waals surface area contributed by atoms with E-state index in [9.17, 15) is 4.79 Å². The predicted molar refractivity (Wildman–Crippen MR) is 49.4 cm³/mol. The summed E-state index contributed by atoms with van der Waals surface area (Å²) in [5.74, 6) is 0.240. The third kappa shape index (κ3) is 4.39. The number of carbonyl (C=O) groups is 1. The summed E-state index contributed by atoms with van der Waals surface area (Å²) in [6.45, 7) is 4.46. The van der Waals surface area contributed by atoms with Crippen molar-refractivity contribution in [1.82, 2.24) is 0 Å². The van der Waals surface area contributed by atoms with Crippen molar-refractivity contribution < 1.29 is 14.3 Å². The Labute approximate surface area is 79.4 Å². The van der Waals surface area contributed by atoms with E-state index in [0.29, 0.717) is 12.5 Å². The Morgan fingerprint density at radius 3 is 2.92 bits per heavy atom. The number of rotatable bonds is 4. The molecule has 0 aromatic rings. The van der Waals surface area contributed by atoms with E-state index in [-0.39, 0.29) is 12.1 Å². The SMILES string of the molecule is CC(=O)CCCC1OCC[C@H](C)O1. The van der Waals surface area contributed by atoms with Crippen molar-refractivity contribution in [3.05, 3.63) is 0 Å². The van der Waals surface area contributed by atoms with Gasteiger partial charge in [-0.1, -0.05) is 0 Å². The molecule has 0 aromatic carbocycles. The van der Waals surface area contributed by atoms with Gasteiger partial charge in [0.25, 0.3) is 0 Å². The van der Waals surface area contributed by atoms with Crippen LogP contribution in [-0.4, -0.2) is 24.8 Å². The Morgan fingerprint density at radius 2 is 2.31 bits per heavy atom. The first-order valence-electron chi connectivity index (χ1n) is 4.95. The number of ether oxygens (including phenoxy) is 2. The van der Waals surface area contributed by atoms with Gasteiger partial charge in [0, 0.05) is 6.42 Å². The van der Waals surface area contributed by atoms with E-state index in [2.05, 4.69) is 6.92 Å². The maximum atomic E-state index is 10.7. The first kappa shape index (κ1) is 10.7. The molecule has 1 aliphatic rings. The second-order valence-corrected chi connectivity index (χ2v) is 3.63. The molecule has 3 nitrogen and oxygen atoms in total. The molecule has 0 saturated carbocycles. The summed E-state index contributed by atoms with van der Waals surface area (Å²) in [6, 6.07) is 0. The molecule has 0 amide bonds. The third-order valence-electron chi connectivity index (χ3n) is 2.18. The van der Waals surface area contributed by atoms with Gasteiger partial charge in [0.15, 0.2) is 6.29 Å². The van der Waals surface area contributed by atoms with Crippen LogP contribution >= 0.6 is 0 Å². The van der Waals surface area contributed by atoms with Gasteiger partial charge in [0.05, 0.1) is 12.7 Å². The zero-order valence-electron chi connectivity index (χ0n) is 8.41. The highest BCUT2D eigenvalue weighted by Gasteiger charge is 2.18. The molecule has 0 spiro atoms. The number of hydrogen-bond acceptors (Lipinski definition) is 3. The molecule has 1 saturated heterocycles. The van der Waals surface area contributed by atoms with E-state index in [0.717, 1.165) is 25.9 Å². The molecule has 1 fully saturated rings. The second kappa shape index (κ2) is 5.35. The summed E-state index contributed by atoms with van der Waals surface area (Å²) in [7, 11) is 0. The van der Waals surface area contributed by atoms with Crippen LogP contribution in [0.5, 0.6) is 0 Å². The first-order valence-corrected chi connectivity index (χ1v) is 4.95. The molecule has 1 unspecified atom stereocenters. The van der Waals surface area contributed by atoms with Crippen molar-refractivity contribution >= 4 is 5.78 Å². The summed E-state index contributed by atoms with van der Waals surface area (Å²) in [6.07, 6.45) is 3.54. The molecular weight excluding hydrogens is 168 g/mol. The molecule has 1 aliphatic heterocycles. The predicted octanol–water partition coefficient (Wildman–Crippen LogP) is 1.90. The summed E-state index contributed by atoms with van der Waals surface area (Å²) in [5.41, 5.74) is 0. The molecule has 1 heterocycles. The van der Waals surface area contributed by atoms with Crippen molar-refractivity contribution in [3.8, 4) is 0 Å². The van der Waals surface area contributed by atoms with Gasteiger partial charge in [0.1, 0.15) is 5.78 Å². The Kier molecular flexibility index (Phi) is 4.39. The molecule has 13 heavy (non-hydrogen) atoms. The summed E-state index contributed by atoms with van der Waals surface area (Å²) < 4.78 is 10.9. The van der Waals surface area contributed by atoms with Gasteiger partial charge in [0.2, 0.25) is 0 Å². The first-order chi connectivity index (χ1) is 6.18. The standard InChI is InChI=1S/C10H18O3/c1-8(11)4-3-5-10-12-7-6-9(2)13-10/h9-10H,3-7H2,1-2H3/t9-,10?/m0/s1. The Hall–Kier alpha value is -0.410. The summed E-state index contributed by atoms with van der Waals surface area (Å²) in [5, 5.41) is 0. The molecular formula is C10H18O3. The minimum absolute atomic E-state index is 0.0805. The van der Waals surface area contributed by atoms with Gasteiger partial charge in [-0.2, -0.15) is 0 Å². The topological polar surface area (TPSA) is 35.5 Å². The Morgan fingerprint density at radius 1 is 1.54 bits per heavy atom. The number of hydrogen-bond donors (Lipinski definition) is 0. The van der Waals surface area contributed by atoms with Crippen LogP contribution in [0.25, 0.3) is 0 Å². The van der Waals surface area contributed by atoms with E-state index in [1.165, 1.54) is 0 Å². The van der Waals surface area contributed by atoms with Crippen molar-refractivity contribution in [2.75, 3.05) is 6.61 Å². The van der Waals surface area contributed by atoms with Crippen molar-refractivity contribution in [1.29, 1.82) is 0 Å². The minimum Gasteiger partial charge on any atom is -0.353 e. The molecule has 0 N–H and O–H groups in total. The van der Waals surface area contributed by atoms with Gasteiger partial charge in [-0.15, -0.1) is 0 Å². The normalized spacial score (nSPS) is 28.8. The van der Waals surface area contributed by atoms with Gasteiger partial charge in [-0.05, 0) is 33.1 Å². The third-order valence-corrected chi connectivity index (χ3v) is 2.18. The van der Waals surface area contributed by atoms with E-state index < -0.39 is 0 Å². The number of Topliss-reactive ketones (excluding diaryl/α,β-unsaturated/α-hetero) is 1. The molecule has 0 radical (unpaired) electrons. The van der Waals surface area contributed by atoms with Gasteiger partial charge in [-0.3, -0.25) is 0 Å². The summed E-state index contributed by atoms with van der Waals surface area (Å²) >= 11 is 0. The van der Waals surface area contributed by atoms with Crippen molar-refractivity contribution in [3.63, 3.8) is 0 Å². The molecule has 3 heteroatoms. The van der Waals surface area contributed by atoms with Crippen LogP contribution in [0, 0.1) is 0 Å². The van der Waals surface area contributed by atoms with E-state index in [4.69, 9.17) is 9.47 Å². The lowest BCUT2D eigenvalue weighted by Crippen LogP contribution is -2.30. The van der Waals surface area contributed by atoms with E-state index in [1.807, 2.05) is 0 Å². The lowest BCUT2D eigenvalue weighted by atomic mass is 10.2. The quantitative estimate of drug-likeness (QED) is 0.672. The molecule has 76 valence electrons. The van der Waals surface area contributed by atoms with Crippen LogP contribution in [0.15, 0.2) is 0 Å². The Bertz CT molecular complexity index is 168. The zero-order chi connectivity index (χ0) is 9.68. The highest BCUT2D eigenvalue weighted by atomic mass is 16.7. The lowest BCUT2D eigenvalue weighted by molar-refractivity contribution is -0.210. The van der Waals surface area contributed by atoms with Gasteiger partial charge < -0.3 is 14.3 Å². The minimum atomic E-state index is -0.0805. The van der Waals surface area contributed by atoms with Gasteiger partial charge >= 0.3 is 0 Å². The van der Waals surface area contributed by atoms with Crippen LogP contribution in [0.2, 0.25) is 0 Å². The lowest BCUT2D eigenvalue weighted by Gasteiger charge is -2.27. The van der Waals surface area contributed by atoms with Crippen LogP contribution in [0.1, 0.15) is 39.5 Å². The zero-order valence-corrected chi connectivity index (χ0v) is 8.41. The fraction of sp³-hybridized carbons (Fsp3) is 0.900. The fourth-order valence-corrected chi connectivity index (χ4v) is 1.40. The highest BCUT2D eigenvalue weighted by molar-refractivity contribution is 5.75. The van der Waals surface area contributed by atoms with Crippen LogP contribution < -0.4 is 0 Å². The Balaban J connectivity index is 2.10. The van der Waals surface area contributed by atoms with Crippen molar-refractivity contribution in [2.24, 2.45) is 0 Å². The van der Waals surface area contributed by atoms with Crippen LogP contribution in [0.3, 0.4) is 0 Å². The number of ketones is 1. The van der Waals surface area contributed by atoms with Gasteiger partial charge in [-0.25, -0.2) is 0 Å². The van der Waals surface area contributed by atoms with Crippen molar-refractivity contribution in [2.45, 2.75) is 51.9 Å². The van der Waals surface area contributed by atoms with E-state index in [1.54, 1.807) is 6.92 Å². The fourth-order valence-electron chi connectivity index (χ4n) is 1.40. The molecule has 1 rings (SSSR count). The molecule has 0 aliphatic carbocycles. The maximum Gasteiger partial charge on any atom is 0.157 e. The maximum absolute atomic E-state index is 10.7. The largest absolute Gasteiger partial charge is 0.353 e. The average molecular weight is 186 g/mol. The molecule has 2 atom stereocenters. The number of carbonyl (C=O) groups excluding carboxylic acids is 1. The smallest absolute Gasteiger partial charge is 0.157 e. The highest BCUT2D eigenvalue weighted by Crippen LogP contribution is 2.16. The van der Waals surface area contributed by atoms with Crippen LogP contribution in [-0.2, 0) is 14.3 Å². The van der Waals surface area contributed by atoms with Crippen LogP contribution in [0.4, 0.5) is 0 Å². The molecule has 0 bridgehead atoms.